The Labute approximate surface area is 84.5 Å². The van der Waals surface area contributed by atoms with Crippen molar-refractivity contribution in [3.05, 3.63) is 0 Å². The molecule has 0 aliphatic carbocycles. The van der Waals surface area contributed by atoms with Crippen LogP contribution in [-0.2, 0) is 10.0 Å². The Morgan fingerprint density at radius 3 is 2.71 bits per heavy atom. The standard InChI is InChI=1S/C8H17FN2O2S/c1-11-5-3-4-8(9,7-11)6-10-14(2,12)13/h10H,3-7H2,1-2H3. The Hall–Kier alpha value is -0.200. The van der Waals surface area contributed by atoms with E-state index in [1.807, 2.05) is 11.9 Å². The van der Waals surface area contributed by atoms with Crippen molar-refractivity contribution in [2.75, 3.05) is 32.9 Å². The van der Waals surface area contributed by atoms with Gasteiger partial charge in [0, 0.05) is 13.1 Å². The fourth-order valence-corrected chi connectivity index (χ4v) is 2.23. The van der Waals surface area contributed by atoms with Crippen molar-refractivity contribution in [2.45, 2.75) is 18.5 Å². The van der Waals surface area contributed by atoms with E-state index in [0.29, 0.717) is 13.0 Å². The molecule has 0 aromatic carbocycles. The van der Waals surface area contributed by atoms with E-state index in [1.54, 1.807) is 0 Å². The molecule has 1 heterocycles. The minimum Gasteiger partial charge on any atom is -0.303 e. The number of nitrogens with zero attached hydrogens (tertiary/aromatic N) is 1. The second-order valence-corrected chi connectivity index (χ2v) is 5.92. The highest BCUT2D eigenvalue weighted by atomic mass is 32.2. The maximum atomic E-state index is 14.0. The van der Waals surface area contributed by atoms with Crippen LogP contribution in [0, 0.1) is 0 Å². The normalized spacial score (nSPS) is 30.5. The van der Waals surface area contributed by atoms with Crippen LogP contribution in [0.5, 0.6) is 0 Å². The van der Waals surface area contributed by atoms with Crippen LogP contribution in [0.4, 0.5) is 4.39 Å². The van der Waals surface area contributed by atoms with E-state index in [4.69, 9.17) is 0 Å². The molecule has 1 fully saturated rings. The zero-order valence-electron chi connectivity index (χ0n) is 8.59. The van der Waals surface area contributed by atoms with Crippen molar-refractivity contribution in [3.63, 3.8) is 0 Å². The van der Waals surface area contributed by atoms with Gasteiger partial charge < -0.3 is 4.90 Å². The van der Waals surface area contributed by atoms with Gasteiger partial charge in [0.15, 0.2) is 0 Å². The molecule has 1 aliphatic rings. The zero-order valence-corrected chi connectivity index (χ0v) is 9.40. The van der Waals surface area contributed by atoms with Crippen molar-refractivity contribution in [1.82, 2.24) is 9.62 Å². The Morgan fingerprint density at radius 1 is 1.57 bits per heavy atom. The van der Waals surface area contributed by atoms with E-state index < -0.39 is 15.7 Å². The Bertz CT molecular complexity index is 294. The summed E-state index contributed by atoms with van der Waals surface area (Å²) in [4.78, 5) is 1.88. The highest BCUT2D eigenvalue weighted by Crippen LogP contribution is 2.23. The smallest absolute Gasteiger partial charge is 0.208 e. The summed E-state index contributed by atoms with van der Waals surface area (Å²) in [5.74, 6) is 0. The van der Waals surface area contributed by atoms with Crippen LogP contribution in [0.25, 0.3) is 0 Å². The van der Waals surface area contributed by atoms with Crippen molar-refractivity contribution in [3.8, 4) is 0 Å². The number of nitrogens with one attached hydrogen (secondary N) is 1. The lowest BCUT2D eigenvalue weighted by Gasteiger charge is -2.35. The predicted octanol–water partition coefficient (Wildman–Crippen LogP) is -0.0305. The quantitative estimate of drug-likeness (QED) is 0.732. The lowest BCUT2D eigenvalue weighted by atomic mass is 9.95. The third-order valence-electron chi connectivity index (χ3n) is 2.37. The molecule has 0 aromatic heterocycles. The average Bonchev–Trinajstić information content (AvgIpc) is 1.99. The van der Waals surface area contributed by atoms with E-state index >= 15 is 0 Å². The van der Waals surface area contributed by atoms with Crippen LogP contribution >= 0.6 is 0 Å². The van der Waals surface area contributed by atoms with Crippen molar-refractivity contribution in [2.24, 2.45) is 0 Å². The van der Waals surface area contributed by atoms with Gasteiger partial charge in [-0.1, -0.05) is 0 Å². The molecule has 1 saturated heterocycles. The number of sulfonamides is 1. The SMILES string of the molecule is CN1CCCC(F)(CNS(C)(=O)=O)C1. The number of hydrogen-bond donors (Lipinski definition) is 1. The van der Waals surface area contributed by atoms with E-state index in [0.717, 1.165) is 19.2 Å². The number of halogens is 1. The van der Waals surface area contributed by atoms with Crippen LogP contribution in [0.15, 0.2) is 0 Å². The number of hydrogen-bond acceptors (Lipinski definition) is 3. The summed E-state index contributed by atoms with van der Waals surface area (Å²) < 4.78 is 37.8. The highest BCUT2D eigenvalue weighted by Gasteiger charge is 2.34. The van der Waals surface area contributed by atoms with Crippen molar-refractivity contribution < 1.29 is 12.8 Å². The first-order valence-electron chi connectivity index (χ1n) is 4.63. The lowest BCUT2D eigenvalue weighted by molar-refractivity contribution is 0.0632. The first-order valence-corrected chi connectivity index (χ1v) is 6.52. The molecule has 4 nitrogen and oxygen atoms in total. The van der Waals surface area contributed by atoms with Gasteiger partial charge in [-0.15, -0.1) is 0 Å². The van der Waals surface area contributed by atoms with Crippen LogP contribution in [0.1, 0.15) is 12.8 Å². The molecule has 1 N–H and O–H groups in total. The summed E-state index contributed by atoms with van der Waals surface area (Å²) in [6.07, 6.45) is 2.25. The molecule has 1 aliphatic heterocycles. The molecular weight excluding hydrogens is 207 g/mol. The summed E-state index contributed by atoms with van der Waals surface area (Å²) in [7, 11) is -1.45. The Morgan fingerprint density at radius 2 is 2.21 bits per heavy atom. The molecule has 84 valence electrons. The highest BCUT2D eigenvalue weighted by molar-refractivity contribution is 7.88. The van der Waals surface area contributed by atoms with Crippen molar-refractivity contribution >= 4 is 10.0 Å². The molecule has 6 heteroatoms. The maximum absolute atomic E-state index is 14.0. The second-order valence-electron chi connectivity index (χ2n) is 4.09. The number of likely N-dealkylation sites (tertiary alicyclic amines) is 1. The van der Waals surface area contributed by atoms with E-state index in [2.05, 4.69) is 4.72 Å². The maximum Gasteiger partial charge on any atom is 0.208 e. The van der Waals surface area contributed by atoms with E-state index in [-0.39, 0.29) is 6.54 Å². The molecule has 1 unspecified atom stereocenters. The molecule has 1 atom stereocenters. The average molecular weight is 224 g/mol. The molecular formula is C8H17FN2O2S. The second kappa shape index (κ2) is 4.12. The molecule has 0 amide bonds. The monoisotopic (exact) mass is 224 g/mol. The summed E-state index contributed by atoms with van der Waals surface area (Å²) >= 11 is 0. The Balaban J connectivity index is 2.49. The van der Waals surface area contributed by atoms with Gasteiger partial charge in [-0.3, -0.25) is 0 Å². The minimum absolute atomic E-state index is 0.115. The summed E-state index contributed by atoms with van der Waals surface area (Å²) in [5.41, 5.74) is -1.41. The van der Waals surface area contributed by atoms with Gasteiger partial charge >= 0.3 is 0 Å². The molecule has 0 spiro atoms. The van der Waals surface area contributed by atoms with Crippen LogP contribution in [-0.4, -0.2) is 51.9 Å². The summed E-state index contributed by atoms with van der Waals surface area (Å²) in [5, 5.41) is 0. The van der Waals surface area contributed by atoms with Crippen LogP contribution in [0.3, 0.4) is 0 Å². The predicted molar refractivity (Wildman–Crippen MR) is 53.4 cm³/mol. The third kappa shape index (κ3) is 3.89. The first-order chi connectivity index (χ1) is 6.31. The van der Waals surface area contributed by atoms with Gasteiger partial charge in [-0.2, -0.15) is 0 Å². The minimum atomic E-state index is -3.29. The van der Waals surface area contributed by atoms with Crippen LogP contribution < -0.4 is 4.72 Å². The van der Waals surface area contributed by atoms with E-state index in [9.17, 15) is 12.8 Å². The fourth-order valence-electron chi connectivity index (χ4n) is 1.71. The molecule has 1 rings (SSSR count). The Kier molecular flexibility index (Phi) is 3.49. The summed E-state index contributed by atoms with van der Waals surface area (Å²) in [6.45, 7) is 1.07. The zero-order chi connectivity index (χ0) is 10.8. The van der Waals surface area contributed by atoms with Gasteiger partial charge in [0.05, 0.1) is 6.26 Å². The van der Waals surface area contributed by atoms with Gasteiger partial charge in [-0.25, -0.2) is 17.5 Å². The third-order valence-corrected chi connectivity index (χ3v) is 3.04. The number of rotatable bonds is 3. The molecule has 0 aromatic rings. The largest absolute Gasteiger partial charge is 0.303 e. The van der Waals surface area contributed by atoms with Gasteiger partial charge in [0.1, 0.15) is 5.67 Å². The first kappa shape index (κ1) is 11.9. The molecule has 14 heavy (non-hydrogen) atoms. The van der Waals surface area contributed by atoms with Crippen molar-refractivity contribution in [1.29, 1.82) is 0 Å². The number of piperidine rings is 1. The molecule has 0 radical (unpaired) electrons. The van der Waals surface area contributed by atoms with E-state index in [1.165, 1.54) is 0 Å². The number of alkyl halides is 1. The molecule has 0 bridgehead atoms. The summed E-state index contributed by atoms with van der Waals surface area (Å²) in [6, 6.07) is 0. The van der Waals surface area contributed by atoms with Crippen LogP contribution in [0.2, 0.25) is 0 Å². The van der Waals surface area contributed by atoms with Gasteiger partial charge in [0.2, 0.25) is 10.0 Å². The fraction of sp³-hybridized carbons (Fsp3) is 1.00. The topological polar surface area (TPSA) is 49.4 Å². The molecule has 0 saturated carbocycles. The van der Waals surface area contributed by atoms with Gasteiger partial charge in [-0.05, 0) is 26.4 Å². The van der Waals surface area contributed by atoms with Gasteiger partial charge in [0.25, 0.3) is 0 Å². The lowest BCUT2D eigenvalue weighted by Crippen LogP contribution is -2.50.